The maximum absolute atomic E-state index is 6.96. The molecule has 0 aliphatic heterocycles. The van der Waals surface area contributed by atoms with Crippen molar-refractivity contribution < 1.29 is 0 Å². The predicted octanol–water partition coefficient (Wildman–Crippen LogP) is 0.836. The van der Waals surface area contributed by atoms with Gasteiger partial charge in [-0.25, -0.2) is 9.97 Å². The van der Waals surface area contributed by atoms with Gasteiger partial charge in [0.05, 0.1) is 0 Å². The summed E-state index contributed by atoms with van der Waals surface area (Å²) in [5, 5.41) is 7.07. The SMILES string of the molecule is Cl.N=C(N)c1ccnc(Cl)n1. The van der Waals surface area contributed by atoms with Gasteiger partial charge >= 0.3 is 0 Å². The van der Waals surface area contributed by atoms with Crippen molar-refractivity contribution in [3.05, 3.63) is 23.2 Å². The standard InChI is InChI=1S/C5H5ClN4.ClH/c6-5-9-2-1-3(10-5)4(7)8;/h1-2H,(H3,7,8);1H. The Bertz CT molecular complexity index is 262. The van der Waals surface area contributed by atoms with Gasteiger partial charge in [0.2, 0.25) is 5.28 Å². The first-order chi connectivity index (χ1) is 4.70. The summed E-state index contributed by atoms with van der Waals surface area (Å²) >= 11 is 5.41. The van der Waals surface area contributed by atoms with Gasteiger partial charge in [0.25, 0.3) is 0 Å². The number of aromatic nitrogens is 2. The summed E-state index contributed by atoms with van der Waals surface area (Å²) in [6.07, 6.45) is 1.45. The van der Waals surface area contributed by atoms with Crippen LogP contribution in [0.15, 0.2) is 12.3 Å². The molecule has 3 N–H and O–H groups in total. The van der Waals surface area contributed by atoms with E-state index in [-0.39, 0.29) is 23.5 Å². The number of nitrogens with one attached hydrogen (secondary N) is 1. The summed E-state index contributed by atoms with van der Waals surface area (Å²) in [4.78, 5) is 7.30. The second kappa shape index (κ2) is 4.10. The molecule has 0 saturated carbocycles. The quantitative estimate of drug-likeness (QED) is 0.394. The first kappa shape index (κ1) is 10.1. The first-order valence-corrected chi connectivity index (χ1v) is 2.91. The smallest absolute Gasteiger partial charge is 0.222 e. The van der Waals surface area contributed by atoms with E-state index in [1.165, 1.54) is 12.3 Å². The van der Waals surface area contributed by atoms with Crippen LogP contribution in [-0.2, 0) is 0 Å². The number of hydrogen-bond acceptors (Lipinski definition) is 3. The van der Waals surface area contributed by atoms with Crippen LogP contribution in [0.1, 0.15) is 5.69 Å². The molecule has 6 heteroatoms. The maximum atomic E-state index is 6.96. The zero-order chi connectivity index (χ0) is 7.56. The number of halogens is 2. The molecule has 0 atom stereocenters. The third kappa shape index (κ3) is 2.69. The van der Waals surface area contributed by atoms with Gasteiger partial charge < -0.3 is 5.73 Å². The van der Waals surface area contributed by atoms with Crippen LogP contribution in [0.2, 0.25) is 5.28 Å². The van der Waals surface area contributed by atoms with Crippen molar-refractivity contribution in [2.75, 3.05) is 0 Å². The van der Waals surface area contributed by atoms with Crippen LogP contribution in [0.4, 0.5) is 0 Å². The maximum Gasteiger partial charge on any atom is 0.222 e. The highest BCUT2D eigenvalue weighted by atomic mass is 35.5. The highest BCUT2D eigenvalue weighted by Gasteiger charge is 1.97. The van der Waals surface area contributed by atoms with E-state index in [4.69, 9.17) is 22.7 Å². The number of nitrogen functional groups attached to an aromatic ring is 1. The Hall–Kier alpha value is -0.870. The Morgan fingerprint density at radius 1 is 1.64 bits per heavy atom. The van der Waals surface area contributed by atoms with Crippen LogP contribution in [0.25, 0.3) is 0 Å². The van der Waals surface area contributed by atoms with Crippen molar-refractivity contribution in [2.45, 2.75) is 0 Å². The minimum Gasteiger partial charge on any atom is -0.382 e. The normalized spacial score (nSPS) is 8.45. The van der Waals surface area contributed by atoms with Crippen molar-refractivity contribution in [3.63, 3.8) is 0 Å². The molecule has 0 saturated heterocycles. The molecule has 0 aliphatic rings. The van der Waals surface area contributed by atoms with Crippen molar-refractivity contribution in [2.24, 2.45) is 5.73 Å². The number of nitrogens with two attached hydrogens (primary N) is 1. The fourth-order valence-corrected chi connectivity index (χ4v) is 0.632. The fraction of sp³-hybridized carbons (Fsp3) is 0. The molecule has 1 heterocycles. The van der Waals surface area contributed by atoms with E-state index in [9.17, 15) is 0 Å². The highest BCUT2D eigenvalue weighted by Crippen LogP contribution is 1.98. The Morgan fingerprint density at radius 2 is 2.27 bits per heavy atom. The lowest BCUT2D eigenvalue weighted by atomic mass is 10.4. The van der Waals surface area contributed by atoms with Gasteiger partial charge in [-0.15, -0.1) is 12.4 Å². The van der Waals surface area contributed by atoms with E-state index < -0.39 is 0 Å². The van der Waals surface area contributed by atoms with Gasteiger partial charge in [-0.05, 0) is 17.7 Å². The topological polar surface area (TPSA) is 75.7 Å². The second-order valence-electron chi connectivity index (χ2n) is 1.62. The van der Waals surface area contributed by atoms with Crippen LogP contribution in [0.3, 0.4) is 0 Å². The molecule has 0 spiro atoms. The minimum absolute atomic E-state index is 0. The molecule has 1 aromatic heterocycles. The average molecular weight is 193 g/mol. The predicted molar refractivity (Wildman–Crippen MR) is 45.3 cm³/mol. The van der Waals surface area contributed by atoms with Crippen LogP contribution in [0, 0.1) is 5.41 Å². The van der Waals surface area contributed by atoms with Crippen molar-refractivity contribution >= 4 is 29.8 Å². The van der Waals surface area contributed by atoms with Gasteiger partial charge in [0, 0.05) is 6.20 Å². The molecular weight excluding hydrogens is 187 g/mol. The average Bonchev–Trinajstić information content (AvgIpc) is 1.88. The zero-order valence-corrected chi connectivity index (χ0v) is 6.99. The molecule has 0 radical (unpaired) electrons. The monoisotopic (exact) mass is 192 g/mol. The first-order valence-electron chi connectivity index (χ1n) is 2.53. The lowest BCUT2D eigenvalue weighted by molar-refractivity contribution is 1.14. The van der Waals surface area contributed by atoms with Crippen LogP contribution < -0.4 is 5.73 Å². The van der Waals surface area contributed by atoms with E-state index in [0.717, 1.165) is 0 Å². The fourth-order valence-electron chi connectivity index (χ4n) is 0.485. The molecule has 60 valence electrons. The van der Waals surface area contributed by atoms with Gasteiger partial charge in [-0.1, -0.05) is 0 Å². The van der Waals surface area contributed by atoms with Crippen molar-refractivity contribution in [3.8, 4) is 0 Å². The van der Waals surface area contributed by atoms with Crippen molar-refractivity contribution in [1.29, 1.82) is 5.41 Å². The minimum atomic E-state index is -0.107. The van der Waals surface area contributed by atoms with E-state index >= 15 is 0 Å². The van der Waals surface area contributed by atoms with Gasteiger partial charge in [0.15, 0.2) is 0 Å². The molecule has 0 amide bonds. The van der Waals surface area contributed by atoms with Crippen LogP contribution in [-0.4, -0.2) is 15.8 Å². The van der Waals surface area contributed by atoms with Gasteiger partial charge in [-0.2, -0.15) is 0 Å². The highest BCUT2D eigenvalue weighted by molar-refractivity contribution is 6.28. The molecule has 0 unspecified atom stereocenters. The molecule has 0 aromatic carbocycles. The Morgan fingerprint density at radius 3 is 2.64 bits per heavy atom. The van der Waals surface area contributed by atoms with E-state index in [0.29, 0.717) is 5.69 Å². The molecule has 1 rings (SSSR count). The summed E-state index contributed by atoms with van der Waals surface area (Å²) in [6.45, 7) is 0. The molecule has 11 heavy (non-hydrogen) atoms. The van der Waals surface area contributed by atoms with Crippen molar-refractivity contribution in [1.82, 2.24) is 9.97 Å². The number of rotatable bonds is 1. The molecule has 0 bridgehead atoms. The van der Waals surface area contributed by atoms with Crippen LogP contribution in [0.5, 0.6) is 0 Å². The zero-order valence-electron chi connectivity index (χ0n) is 5.41. The molecule has 0 fully saturated rings. The number of nitrogens with zero attached hydrogens (tertiary/aromatic N) is 2. The third-order valence-electron chi connectivity index (χ3n) is 0.902. The van der Waals surface area contributed by atoms with Gasteiger partial charge in [-0.3, -0.25) is 5.41 Å². The molecule has 4 nitrogen and oxygen atoms in total. The largest absolute Gasteiger partial charge is 0.382 e. The second-order valence-corrected chi connectivity index (χ2v) is 1.96. The van der Waals surface area contributed by atoms with E-state index in [2.05, 4.69) is 9.97 Å². The molecule has 1 aromatic rings. The summed E-state index contributed by atoms with van der Waals surface area (Å²) < 4.78 is 0. The molecule has 0 aliphatic carbocycles. The van der Waals surface area contributed by atoms with E-state index in [1.807, 2.05) is 0 Å². The summed E-state index contributed by atoms with van der Waals surface area (Å²) in [7, 11) is 0. The summed E-state index contributed by atoms with van der Waals surface area (Å²) in [5.41, 5.74) is 5.46. The van der Waals surface area contributed by atoms with Crippen LogP contribution >= 0.6 is 24.0 Å². The van der Waals surface area contributed by atoms with E-state index in [1.54, 1.807) is 0 Å². The Kier molecular flexibility index (Phi) is 3.78. The molecular formula is C5H6Cl2N4. The lowest BCUT2D eigenvalue weighted by Crippen LogP contribution is -2.13. The third-order valence-corrected chi connectivity index (χ3v) is 1.08. The van der Waals surface area contributed by atoms with Gasteiger partial charge in [0.1, 0.15) is 11.5 Å². The number of amidine groups is 1. The summed E-state index contributed by atoms with van der Waals surface area (Å²) in [6, 6.07) is 1.52. The summed E-state index contributed by atoms with van der Waals surface area (Å²) in [5.74, 6) is -0.107. The number of hydrogen-bond donors (Lipinski definition) is 2. The Labute approximate surface area is 74.7 Å². The lowest BCUT2D eigenvalue weighted by Gasteiger charge is -1.94. The Balaban J connectivity index is 0.000001000.